The molecule has 0 saturated heterocycles. The SMILES string of the molecule is CC1CC1CCCCOC(=O)c1cc(Cl)cc(Cl)c1Cl. The van der Waals surface area contributed by atoms with E-state index >= 15 is 0 Å². The standard InChI is InChI=1S/C15H17Cl3O2/c1-9-6-10(9)4-2-3-5-20-15(19)12-7-11(16)8-13(17)14(12)18/h7-10H,2-6H2,1H3. The predicted molar refractivity (Wildman–Crippen MR) is 82.9 cm³/mol. The van der Waals surface area contributed by atoms with Crippen LogP contribution in [0.2, 0.25) is 15.1 Å². The molecule has 0 aromatic heterocycles. The van der Waals surface area contributed by atoms with Crippen molar-refractivity contribution >= 4 is 40.8 Å². The molecule has 5 heteroatoms. The Bertz CT molecular complexity index is 502. The van der Waals surface area contributed by atoms with Gasteiger partial charge in [-0.2, -0.15) is 0 Å². The summed E-state index contributed by atoms with van der Waals surface area (Å²) in [5, 5.41) is 0.816. The highest BCUT2D eigenvalue weighted by atomic mass is 35.5. The molecule has 20 heavy (non-hydrogen) atoms. The Kier molecular flexibility index (Phi) is 5.59. The van der Waals surface area contributed by atoms with Gasteiger partial charge in [-0.15, -0.1) is 0 Å². The molecule has 1 aliphatic carbocycles. The van der Waals surface area contributed by atoms with Gasteiger partial charge in [-0.3, -0.25) is 0 Å². The first-order chi connectivity index (χ1) is 9.49. The van der Waals surface area contributed by atoms with E-state index in [2.05, 4.69) is 6.92 Å². The molecule has 0 radical (unpaired) electrons. The number of rotatable bonds is 6. The van der Waals surface area contributed by atoms with Crippen molar-refractivity contribution in [3.63, 3.8) is 0 Å². The van der Waals surface area contributed by atoms with E-state index in [0.29, 0.717) is 11.6 Å². The molecule has 1 aromatic rings. The number of carbonyl (C=O) groups excluding carboxylic acids is 1. The first kappa shape index (κ1) is 15.9. The Morgan fingerprint density at radius 2 is 2.00 bits per heavy atom. The van der Waals surface area contributed by atoms with E-state index in [1.807, 2.05) is 0 Å². The maximum atomic E-state index is 11.9. The summed E-state index contributed by atoms with van der Waals surface area (Å²) in [5.41, 5.74) is 0.222. The van der Waals surface area contributed by atoms with Crippen LogP contribution in [0.3, 0.4) is 0 Å². The van der Waals surface area contributed by atoms with E-state index < -0.39 is 5.97 Å². The second kappa shape index (κ2) is 7.02. The lowest BCUT2D eigenvalue weighted by atomic mass is 10.1. The minimum Gasteiger partial charge on any atom is -0.462 e. The number of hydrogen-bond acceptors (Lipinski definition) is 2. The summed E-state index contributed by atoms with van der Waals surface area (Å²) in [6.07, 6.45) is 4.53. The number of hydrogen-bond donors (Lipinski definition) is 0. The van der Waals surface area contributed by atoms with Gasteiger partial charge >= 0.3 is 5.97 Å². The van der Waals surface area contributed by atoms with Crippen molar-refractivity contribution in [1.29, 1.82) is 0 Å². The van der Waals surface area contributed by atoms with Gasteiger partial charge in [0.1, 0.15) is 0 Å². The van der Waals surface area contributed by atoms with E-state index in [0.717, 1.165) is 24.7 Å². The quantitative estimate of drug-likeness (QED) is 0.382. The molecule has 0 N–H and O–H groups in total. The molecule has 1 saturated carbocycles. The third-order valence-electron chi connectivity index (χ3n) is 3.69. The zero-order valence-corrected chi connectivity index (χ0v) is 13.6. The number of esters is 1. The third-order valence-corrected chi connectivity index (χ3v) is 4.71. The Hall–Kier alpha value is -0.440. The molecular formula is C15H17Cl3O2. The Morgan fingerprint density at radius 3 is 2.65 bits per heavy atom. The van der Waals surface area contributed by atoms with E-state index in [1.54, 1.807) is 0 Å². The summed E-state index contributed by atoms with van der Waals surface area (Å²) in [5.74, 6) is 1.29. The van der Waals surface area contributed by atoms with Crippen molar-refractivity contribution < 1.29 is 9.53 Å². The fraction of sp³-hybridized carbons (Fsp3) is 0.533. The molecule has 1 fully saturated rings. The molecule has 2 atom stereocenters. The van der Waals surface area contributed by atoms with Crippen molar-refractivity contribution in [3.05, 3.63) is 32.8 Å². The van der Waals surface area contributed by atoms with Gasteiger partial charge in [0.15, 0.2) is 0 Å². The summed E-state index contributed by atoms with van der Waals surface area (Å²) in [7, 11) is 0. The van der Waals surface area contributed by atoms with Crippen LogP contribution in [0.5, 0.6) is 0 Å². The first-order valence-corrected chi connectivity index (χ1v) is 7.94. The van der Waals surface area contributed by atoms with Gasteiger partial charge in [0.25, 0.3) is 0 Å². The lowest BCUT2D eigenvalue weighted by Crippen LogP contribution is -2.07. The molecule has 0 heterocycles. The maximum Gasteiger partial charge on any atom is 0.339 e. The van der Waals surface area contributed by atoms with E-state index in [1.165, 1.54) is 25.0 Å². The van der Waals surface area contributed by atoms with E-state index in [-0.39, 0.29) is 15.6 Å². The van der Waals surface area contributed by atoms with Crippen LogP contribution in [-0.4, -0.2) is 12.6 Å². The van der Waals surface area contributed by atoms with Gasteiger partial charge in [-0.05, 0) is 43.2 Å². The highest BCUT2D eigenvalue weighted by Crippen LogP contribution is 2.41. The van der Waals surface area contributed by atoms with Crippen LogP contribution in [-0.2, 0) is 4.74 Å². The van der Waals surface area contributed by atoms with Crippen LogP contribution < -0.4 is 0 Å². The lowest BCUT2D eigenvalue weighted by molar-refractivity contribution is 0.0497. The number of ether oxygens (including phenoxy) is 1. The van der Waals surface area contributed by atoms with Crippen LogP contribution in [0.4, 0.5) is 0 Å². The van der Waals surface area contributed by atoms with Gasteiger partial charge in [-0.25, -0.2) is 4.79 Å². The summed E-state index contributed by atoms with van der Waals surface area (Å²) in [6.45, 7) is 2.68. The third kappa shape index (κ3) is 4.28. The van der Waals surface area contributed by atoms with Crippen molar-refractivity contribution in [2.75, 3.05) is 6.61 Å². The highest BCUT2D eigenvalue weighted by Gasteiger charge is 2.31. The van der Waals surface area contributed by atoms with Crippen LogP contribution >= 0.6 is 34.8 Å². The topological polar surface area (TPSA) is 26.3 Å². The largest absolute Gasteiger partial charge is 0.462 e. The molecule has 0 amide bonds. The van der Waals surface area contributed by atoms with Gasteiger partial charge in [-0.1, -0.05) is 48.1 Å². The predicted octanol–water partition coefficient (Wildman–Crippen LogP) is 5.63. The van der Waals surface area contributed by atoms with E-state index in [9.17, 15) is 4.79 Å². The number of unbranched alkanes of at least 4 members (excludes halogenated alkanes) is 1. The van der Waals surface area contributed by atoms with Crippen molar-refractivity contribution in [2.45, 2.75) is 32.6 Å². The minimum atomic E-state index is -0.473. The van der Waals surface area contributed by atoms with Crippen LogP contribution in [0.15, 0.2) is 12.1 Å². The lowest BCUT2D eigenvalue weighted by Gasteiger charge is -2.08. The molecule has 1 aromatic carbocycles. The average molecular weight is 336 g/mol. The summed E-state index contributed by atoms with van der Waals surface area (Å²) in [4.78, 5) is 11.9. The summed E-state index contributed by atoms with van der Waals surface area (Å²) in [6, 6.07) is 2.98. The molecule has 110 valence electrons. The second-order valence-corrected chi connectivity index (χ2v) is 6.58. The van der Waals surface area contributed by atoms with Crippen molar-refractivity contribution in [3.8, 4) is 0 Å². The molecule has 0 bridgehead atoms. The molecule has 0 aliphatic heterocycles. The second-order valence-electron chi connectivity index (χ2n) is 5.35. The molecule has 2 nitrogen and oxygen atoms in total. The number of halogens is 3. The first-order valence-electron chi connectivity index (χ1n) is 6.80. The van der Waals surface area contributed by atoms with Gasteiger partial charge in [0, 0.05) is 5.02 Å². The zero-order valence-electron chi connectivity index (χ0n) is 11.3. The molecule has 2 unspecified atom stereocenters. The van der Waals surface area contributed by atoms with Crippen molar-refractivity contribution in [1.82, 2.24) is 0 Å². The Balaban J connectivity index is 1.77. The van der Waals surface area contributed by atoms with Gasteiger partial charge in [0.2, 0.25) is 0 Å². The Labute approximate surface area is 134 Å². The normalized spacial score (nSPS) is 20.8. The fourth-order valence-electron chi connectivity index (χ4n) is 2.26. The smallest absolute Gasteiger partial charge is 0.339 e. The van der Waals surface area contributed by atoms with Crippen LogP contribution in [0, 0.1) is 11.8 Å². The molecule has 0 spiro atoms. The number of carbonyl (C=O) groups is 1. The molecule has 1 aliphatic rings. The van der Waals surface area contributed by atoms with Gasteiger partial charge < -0.3 is 4.74 Å². The van der Waals surface area contributed by atoms with Crippen LogP contribution in [0.25, 0.3) is 0 Å². The number of benzene rings is 1. The maximum absolute atomic E-state index is 11.9. The Morgan fingerprint density at radius 1 is 1.30 bits per heavy atom. The summed E-state index contributed by atoms with van der Waals surface area (Å²) < 4.78 is 5.21. The monoisotopic (exact) mass is 334 g/mol. The van der Waals surface area contributed by atoms with E-state index in [4.69, 9.17) is 39.5 Å². The highest BCUT2D eigenvalue weighted by molar-refractivity contribution is 6.45. The summed E-state index contributed by atoms with van der Waals surface area (Å²) >= 11 is 17.7. The zero-order chi connectivity index (χ0) is 14.7. The minimum absolute atomic E-state index is 0.188. The average Bonchev–Trinajstić information content (AvgIpc) is 3.09. The van der Waals surface area contributed by atoms with Crippen molar-refractivity contribution in [2.24, 2.45) is 11.8 Å². The van der Waals surface area contributed by atoms with Gasteiger partial charge in [0.05, 0.1) is 22.2 Å². The molecular weight excluding hydrogens is 319 g/mol. The van der Waals surface area contributed by atoms with Crippen LogP contribution in [0.1, 0.15) is 43.0 Å². The fourth-order valence-corrected chi connectivity index (χ4v) is 2.94. The molecule has 2 rings (SSSR count).